The number of ether oxygens (including phenoxy) is 1. The van der Waals surface area contributed by atoms with Crippen molar-refractivity contribution in [3.8, 4) is 5.75 Å². The Kier molecular flexibility index (Phi) is 6.63. The molecule has 140 valence electrons. The van der Waals surface area contributed by atoms with Crippen LogP contribution in [-0.2, 0) is 17.4 Å². The van der Waals surface area contributed by atoms with Gasteiger partial charge in [0.2, 0.25) is 5.91 Å². The number of hydrogen-bond donors (Lipinski definition) is 2. The van der Waals surface area contributed by atoms with E-state index in [1.807, 2.05) is 24.3 Å². The number of methoxy groups -OCH3 is 1. The van der Waals surface area contributed by atoms with E-state index in [0.29, 0.717) is 12.0 Å². The van der Waals surface area contributed by atoms with Gasteiger partial charge in [-0.1, -0.05) is 24.3 Å². The van der Waals surface area contributed by atoms with Crippen LogP contribution in [0, 0.1) is 0 Å². The molecular formula is C19H20F3NO3. The number of carbonyl (C=O) groups excluding carboxylic acids is 1. The fourth-order valence-electron chi connectivity index (χ4n) is 2.36. The Labute approximate surface area is 149 Å². The first-order valence-electron chi connectivity index (χ1n) is 8.04. The van der Waals surface area contributed by atoms with E-state index >= 15 is 0 Å². The number of halogens is 3. The molecule has 0 radical (unpaired) electrons. The normalized spacial score (nSPS) is 12.5. The summed E-state index contributed by atoms with van der Waals surface area (Å²) >= 11 is 0. The van der Waals surface area contributed by atoms with Gasteiger partial charge in [-0.05, 0) is 41.8 Å². The van der Waals surface area contributed by atoms with E-state index < -0.39 is 17.8 Å². The maximum atomic E-state index is 12.5. The zero-order chi connectivity index (χ0) is 19.2. The topological polar surface area (TPSA) is 58.6 Å². The van der Waals surface area contributed by atoms with Gasteiger partial charge in [-0.15, -0.1) is 0 Å². The molecular weight excluding hydrogens is 347 g/mol. The lowest BCUT2D eigenvalue weighted by atomic mass is 10.1. The van der Waals surface area contributed by atoms with Crippen molar-refractivity contribution in [2.45, 2.75) is 25.1 Å². The molecule has 0 spiro atoms. The van der Waals surface area contributed by atoms with Crippen molar-refractivity contribution in [1.82, 2.24) is 5.32 Å². The summed E-state index contributed by atoms with van der Waals surface area (Å²) in [6.45, 7) is -0.0627. The molecule has 0 aliphatic heterocycles. The SMILES string of the molecule is COc1ccc(CCC(=O)NC[C@H](O)c2ccc(C(F)(F)F)cc2)cc1. The Morgan fingerprint density at radius 3 is 2.27 bits per heavy atom. The summed E-state index contributed by atoms with van der Waals surface area (Å²) in [5.74, 6) is 0.490. The quantitative estimate of drug-likeness (QED) is 0.788. The molecule has 0 saturated carbocycles. The van der Waals surface area contributed by atoms with Gasteiger partial charge in [0, 0.05) is 13.0 Å². The average molecular weight is 367 g/mol. The van der Waals surface area contributed by atoms with Crippen LogP contribution in [0.15, 0.2) is 48.5 Å². The van der Waals surface area contributed by atoms with Crippen molar-refractivity contribution < 1.29 is 27.8 Å². The first kappa shape index (κ1) is 19.8. The number of hydrogen-bond acceptors (Lipinski definition) is 3. The maximum absolute atomic E-state index is 12.5. The molecule has 0 aromatic heterocycles. The predicted octanol–water partition coefficient (Wildman–Crippen LogP) is 3.50. The number of alkyl halides is 3. The Morgan fingerprint density at radius 2 is 1.73 bits per heavy atom. The molecule has 1 amide bonds. The lowest BCUT2D eigenvalue weighted by Crippen LogP contribution is -2.28. The minimum absolute atomic E-state index is 0.0627. The molecule has 0 heterocycles. The van der Waals surface area contributed by atoms with Gasteiger partial charge in [0.25, 0.3) is 0 Å². The molecule has 2 aromatic rings. The van der Waals surface area contributed by atoms with Crippen molar-refractivity contribution in [2.24, 2.45) is 0 Å². The Bertz CT molecular complexity index is 712. The molecule has 26 heavy (non-hydrogen) atoms. The monoisotopic (exact) mass is 367 g/mol. The van der Waals surface area contributed by atoms with E-state index in [0.717, 1.165) is 23.4 Å². The van der Waals surface area contributed by atoms with Crippen LogP contribution in [0.1, 0.15) is 29.2 Å². The van der Waals surface area contributed by atoms with Crippen LogP contribution in [0.25, 0.3) is 0 Å². The highest BCUT2D eigenvalue weighted by atomic mass is 19.4. The van der Waals surface area contributed by atoms with E-state index in [4.69, 9.17) is 4.74 Å². The standard InChI is InChI=1S/C19H20F3NO3/c1-26-16-9-2-13(3-10-16)4-11-18(25)23-12-17(24)14-5-7-15(8-6-14)19(20,21)22/h2-3,5-10,17,24H,4,11-12H2,1H3,(H,23,25)/t17-/m0/s1. The molecule has 0 saturated heterocycles. The highest BCUT2D eigenvalue weighted by Gasteiger charge is 2.30. The highest BCUT2D eigenvalue weighted by Crippen LogP contribution is 2.29. The number of rotatable bonds is 7. The summed E-state index contributed by atoms with van der Waals surface area (Å²) in [5, 5.41) is 12.6. The smallest absolute Gasteiger partial charge is 0.416 e. The molecule has 0 aliphatic rings. The maximum Gasteiger partial charge on any atom is 0.416 e. The second kappa shape index (κ2) is 8.71. The van der Waals surface area contributed by atoms with Crippen molar-refractivity contribution >= 4 is 5.91 Å². The summed E-state index contributed by atoms with van der Waals surface area (Å²) in [6, 6.07) is 11.6. The zero-order valence-corrected chi connectivity index (χ0v) is 14.2. The van der Waals surface area contributed by atoms with Gasteiger partial charge in [-0.25, -0.2) is 0 Å². The van der Waals surface area contributed by atoms with Gasteiger partial charge in [0.05, 0.1) is 18.8 Å². The number of aryl methyl sites for hydroxylation is 1. The van der Waals surface area contributed by atoms with Gasteiger partial charge in [-0.3, -0.25) is 4.79 Å². The number of nitrogens with one attached hydrogen (secondary N) is 1. The fourth-order valence-corrected chi connectivity index (χ4v) is 2.36. The van der Waals surface area contributed by atoms with Crippen molar-refractivity contribution in [1.29, 1.82) is 0 Å². The molecule has 2 rings (SSSR count). The molecule has 4 nitrogen and oxygen atoms in total. The molecule has 0 fully saturated rings. The number of aliphatic hydroxyl groups excluding tert-OH is 1. The summed E-state index contributed by atoms with van der Waals surface area (Å²) in [6.07, 6.45) is -4.71. The van der Waals surface area contributed by atoms with Crippen LogP contribution >= 0.6 is 0 Å². The minimum atomic E-state index is -4.42. The Morgan fingerprint density at radius 1 is 1.12 bits per heavy atom. The van der Waals surface area contributed by atoms with E-state index in [1.54, 1.807) is 7.11 Å². The fraction of sp³-hybridized carbons (Fsp3) is 0.316. The second-order valence-corrected chi connectivity index (χ2v) is 5.79. The average Bonchev–Trinajstić information content (AvgIpc) is 2.64. The lowest BCUT2D eigenvalue weighted by molar-refractivity contribution is -0.137. The van der Waals surface area contributed by atoms with Crippen molar-refractivity contribution in [3.63, 3.8) is 0 Å². The van der Waals surface area contributed by atoms with Gasteiger partial charge in [0.15, 0.2) is 0 Å². The Hall–Kier alpha value is -2.54. The van der Waals surface area contributed by atoms with Crippen molar-refractivity contribution in [2.75, 3.05) is 13.7 Å². The van der Waals surface area contributed by atoms with Gasteiger partial charge >= 0.3 is 6.18 Å². The molecule has 1 atom stereocenters. The van der Waals surface area contributed by atoms with Crippen LogP contribution in [0.2, 0.25) is 0 Å². The lowest BCUT2D eigenvalue weighted by Gasteiger charge is -2.14. The first-order chi connectivity index (χ1) is 12.3. The predicted molar refractivity (Wildman–Crippen MR) is 90.7 cm³/mol. The number of aliphatic hydroxyl groups is 1. The first-order valence-corrected chi connectivity index (χ1v) is 8.04. The van der Waals surface area contributed by atoms with E-state index in [2.05, 4.69) is 5.32 Å². The molecule has 2 N–H and O–H groups in total. The van der Waals surface area contributed by atoms with Gasteiger partial charge < -0.3 is 15.2 Å². The highest BCUT2D eigenvalue weighted by molar-refractivity contribution is 5.76. The molecule has 0 aliphatic carbocycles. The number of carbonyl (C=O) groups is 1. The Balaban J connectivity index is 1.78. The van der Waals surface area contributed by atoms with Crippen LogP contribution in [0.3, 0.4) is 0 Å². The van der Waals surface area contributed by atoms with E-state index in [9.17, 15) is 23.1 Å². The summed E-state index contributed by atoms with van der Waals surface area (Å²) in [5.41, 5.74) is 0.509. The van der Waals surface area contributed by atoms with Crippen LogP contribution in [-0.4, -0.2) is 24.7 Å². The second-order valence-electron chi connectivity index (χ2n) is 5.79. The third-order valence-corrected chi connectivity index (χ3v) is 3.92. The number of benzene rings is 2. The van der Waals surface area contributed by atoms with Crippen LogP contribution in [0.5, 0.6) is 5.75 Å². The largest absolute Gasteiger partial charge is 0.497 e. The molecule has 7 heteroatoms. The van der Waals surface area contributed by atoms with E-state index in [-0.39, 0.29) is 18.9 Å². The zero-order valence-electron chi connectivity index (χ0n) is 14.2. The van der Waals surface area contributed by atoms with Crippen LogP contribution < -0.4 is 10.1 Å². The van der Waals surface area contributed by atoms with Gasteiger partial charge in [-0.2, -0.15) is 13.2 Å². The van der Waals surface area contributed by atoms with E-state index in [1.165, 1.54) is 12.1 Å². The van der Waals surface area contributed by atoms with Gasteiger partial charge in [0.1, 0.15) is 5.75 Å². The molecule has 0 bridgehead atoms. The summed E-state index contributed by atoms with van der Waals surface area (Å²) in [7, 11) is 1.57. The third kappa shape index (κ3) is 5.77. The number of amides is 1. The summed E-state index contributed by atoms with van der Waals surface area (Å²) < 4.78 is 42.6. The summed E-state index contributed by atoms with van der Waals surface area (Å²) in [4.78, 5) is 11.9. The molecule has 2 aromatic carbocycles. The molecule has 0 unspecified atom stereocenters. The van der Waals surface area contributed by atoms with Crippen LogP contribution in [0.4, 0.5) is 13.2 Å². The van der Waals surface area contributed by atoms with Crippen molar-refractivity contribution in [3.05, 3.63) is 65.2 Å². The minimum Gasteiger partial charge on any atom is -0.497 e. The third-order valence-electron chi connectivity index (χ3n) is 3.92.